The minimum Gasteiger partial charge on any atom is -0.383 e. The highest BCUT2D eigenvalue weighted by Crippen LogP contribution is 2.28. The first-order valence-corrected chi connectivity index (χ1v) is 7.02. The maximum absolute atomic E-state index is 5.67. The summed E-state index contributed by atoms with van der Waals surface area (Å²) in [5.41, 5.74) is 0.305. The van der Waals surface area contributed by atoms with E-state index in [1.165, 1.54) is 25.7 Å². The van der Waals surface area contributed by atoms with Crippen molar-refractivity contribution in [3.8, 4) is 0 Å². The van der Waals surface area contributed by atoms with Crippen molar-refractivity contribution in [1.82, 2.24) is 5.32 Å². The van der Waals surface area contributed by atoms with Crippen molar-refractivity contribution >= 4 is 0 Å². The van der Waals surface area contributed by atoms with Crippen molar-refractivity contribution in [3.05, 3.63) is 0 Å². The Balaban J connectivity index is 4.12. The summed E-state index contributed by atoms with van der Waals surface area (Å²) in [5.74, 6) is 0. The molecule has 17 heavy (non-hydrogen) atoms. The molecule has 0 aliphatic rings. The van der Waals surface area contributed by atoms with Crippen molar-refractivity contribution in [2.24, 2.45) is 5.41 Å². The molecule has 0 fully saturated rings. The molecule has 0 aliphatic heterocycles. The molecule has 0 bridgehead atoms. The summed E-state index contributed by atoms with van der Waals surface area (Å²) < 4.78 is 10.7. The Labute approximate surface area is 107 Å². The monoisotopic (exact) mass is 245 g/mol. The van der Waals surface area contributed by atoms with E-state index in [1.807, 2.05) is 0 Å². The quantitative estimate of drug-likeness (QED) is 0.536. The summed E-state index contributed by atoms with van der Waals surface area (Å²) in [6.45, 7) is 11.0. The Hall–Kier alpha value is -0.120. The molecule has 1 atom stereocenters. The molecule has 1 N–H and O–H groups in total. The van der Waals surface area contributed by atoms with Crippen molar-refractivity contribution in [2.45, 2.75) is 46.5 Å². The van der Waals surface area contributed by atoms with Crippen LogP contribution in [0.25, 0.3) is 0 Å². The Morgan fingerprint density at radius 1 is 1.18 bits per heavy atom. The molecule has 0 rings (SSSR count). The second-order valence-corrected chi connectivity index (χ2v) is 4.76. The maximum atomic E-state index is 5.67. The van der Waals surface area contributed by atoms with E-state index in [0.29, 0.717) is 5.41 Å². The molecule has 3 heteroatoms. The fourth-order valence-corrected chi connectivity index (χ4v) is 2.01. The third kappa shape index (κ3) is 7.74. The van der Waals surface area contributed by atoms with Crippen LogP contribution in [0.1, 0.15) is 46.5 Å². The smallest absolute Gasteiger partial charge is 0.0587 e. The number of unbranched alkanes of at least 4 members (excludes halogenated alkanes) is 1. The van der Waals surface area contributed by atoms with Gasteiger partial charge in [0.1, 0.15) is 0 Å². The molecule has 0 radical (unpaired) electrons. The number of rotatable bonds is 12. The molecule has 0 aromatic heterocycles. The molecular formula is C14H31NO2. The zero-order chi connectivity index (χ0) is 13.0. The predicted octanol–water partition coefficient (Wildman–Crippen LogP) is 2.85. The fraction of sp³-hybridized carbons (Fsp3) is 1.00. The minimum atomic E-state index is 0.305. The third-order valence-corrected chi connectivity index (χ3v) is 3.41. The molecule has 0 aliphatic carbocycles. The van der Waals surface area contributed by atoms with Gasteiger partial charge in [0, 0.05) is 32.2 Å². The standard InChI is InChI=1S/C14H31NO2/c1-5-8-9-14(6-2,13-17-7-3)12-15-10-11-16-4/h15H,5-13H2,1-4H3. The first kappa shape index (κ1) is 16.9. The van der Waals surface area contributed by atoms with Crippen molar-refractivity contribution < 1.29 is 9.47 Å². The lowest BCUT2D eigenvalue weighted by atomic mass is 9.81. The Kier molecular flexibility index (Phi) is 10.9. The lowest BCUT2D eigenvalue weighted by molar-refractivity contribution is 0.0391. The summed E-state index contributed by atoms with van der Waals surface area (Å²) >= 11 is 0. The van der Waals surface area contributed by atoms with Crippen molar-refractivity contribution in [2.75, 3.05) is 40.0 Å². The van der Waals surface area contributed by atoms with E-state index in [0.717, 1.165) is 32.9 Å². The highest BCUT2D eigenvalue weighted by atomic mass is 16.5. The number of hydrogen-bond donors (Lipinski definition) is 1. The van der Waals surface area contributed by atoms with Gasteiger partial charge in [0.2, 0.25) is 0 Å². The van der Waals surface area contributed by atoms with Gasteiger partial charge in [-0.15, -0.1) is 0 Å². The van der Waals surface area contributed by atoms with Crippen LogP contribution in [0.15, 0.2) is 0 Å². The van der Waals surface area contributed by atoms with Crippen LogP contribution < -0.4 is 5.32 Å². The van der Waals surface area contributed by atoms with E-state index in [-0.39, 0.29) is 0 Å². The minimum absolute atomic E-state index is 0.305. The van der Waals surface area contributed by atoms with E-state index >= 15 is 0 Å². The van der Waals surface area contributed by atoms with Crippen LogP contribution in [0.2, 0.25) is 0 Å². The van der Waals surface area contributed by atoms with Gasteiger partial charge in [-0.25, -0.2) is 0 Å². The molecule has 0 aromatic carbocycles. The van der Waals surface area contributed by atoms with Crippen molar-refractivity contribution in [1.29, 1.82) is 0 Å². The van der Waals surface area contributed by atoms with E-state index in [9.17, 15) is 0 Å². The highest BCUT2D eigenvalue weighted by Gasteiger charge is 2.27. The Bertz CT molecular complexity index is 154. The molecule has 104 valence electrons. The molecule has 3 nitrogen and oxygen atoms in total. The van der Waals surface area contributed by atoms with Crippen LogP contribution in [0.5, 0.6) is 0 Å². The normalized spacial score (nSPS) is 14.8. The molecule has 0 spiro atoms. The van der Waals surface area contributed by atoms with E-state index in [1.54, 1.807) is 7.11 Å². The predicted molar refractivity (Wildman–Crippen MR) is 73.5 cm³/mol. The van der Waals surface area contributed by atoms with E-state index in [2.05, 4.69) is 26.1 Å². The number of nitrogens with one attached hydrogen (secondary N) is 1. The van der Waals surface area contributed by atoms with Crippen LogP contribution in [-0.2, 0) is 9.47 Å². The SMILES string of the molecule is CCCCC(CC)(CNCCOC)COCC. The summed E-state index contributed by atoms with van der Waals surface area (Å²) in [7, 11) is 1.74. The molecule has 0 amide bonds. The zero-order valence-corrected chi connectivity index (χ0v) is 12.2. The van der Waals surface area contributed by atoms with Crippen LogP contribution in [-0.4, -0.2) is 40.0 Å². The first-order valence-electron chi connectivity index (χ1n) is 7.02. The van der Waals surface area contributed by atoms with E-state index < -0.39 is 0 Å². The fourth-order valence-electron chi connectivity index (χ4n) is 2.01. The first-order chi connectivity index (χ1) is 8.24. The van der Waals surface area contributed by atoms with Gasteiger partial charge < -0.3 is 14.8 Å². The summed E-state index contributed by atoms with van der Waals surface area (Å²) in [6.07, 6.45) is 4.96. The average Bonchev–Trinajstić information content (AvgIpc) is 2.37. The largest absolute Gasteiger partial charge is 0.383 e. The van der Waals surface area contributed by atoms with Gasteiger partial charge >= 0.3 is 0 Å². The van der Waals surface area contributed by atoms with Gasteiger partial charge in [0.15, 0.2) is 0 Å². The lowest BCUT2D eigenvalue weighted by Crippen LogP contribution is -2.39. The molecular weight excluding hydrogens is 214 g/mol. The van der Waals surface area contributed by atoms with Gasteiger partial charge in [0.05, 0.1) is 13.2 Å². The topological polar surface area (TPSA) is 30.5 Å². The molecule has 0 heterocycles. The number of hydrogen-bond acceptors (Lipinski definition) is 3. The third-order valence-electron chi connectivity index (χ3n) is 3.41. The summed E-state index contributed by atoms with van der Waals surface area (Å²) in [5, 5.41) is 3.49. The molecule has 0 saturated heterocycles. The molecule has 0 saturated carbocycles. The maximum Gasteiger partial charge on any atom is 0.0587 e. The zero-order valence-electron chi connectivity index (χ0n) is 12.2. The number of ether oxygens (including phenoxy) is 2. The lowest BCUT2D eigenvalue weighted by Gasteiger charge is -2.33. The average molecular weight is 245 g/mol. The van der Waals surface area contributed by atoms with Gasteiger partial charge in [-0.2, -0.15) is 0 Å². The summed E-state index contributed by atoms with van der Waals surface area (Å²) in [6, 6.07) is 0. The van der Waals surface area contributed by atoms with Crippen LogP contribution in [0, 0.1) is 5.41 Å². The number of methoxy groups -OCH3 is 1. The Morgan fingerprint density at radius 2 is 1.94 bits per heavy atom. The van der Waals surface area contributed by atoms with Crippen molar-refractivity contribution in [3.63, 3.8) is 0 Å². The van der Waals surface area contributed by atoms with Gasteiger partial charge in [0.25, 0.3) is 0 Å². The molecule has 1 unspecified atom stereocenters. The Morgan fingerprint density at radius 3 is 2.47 bits per heavy atom. The van der Waals surface area contributed by atoms with Crippen LogP contribution in [0.4, 0.5) is 0 Å². The highest BCUT2D eigenvalue weighted by molar-refractivity contribution is 4.80. The van der Waals surface area contributed by atoms with Gasteiger partial charge in [-0.3, -0.25) is 0 Å². The summed E-state index contributed by atoms with van der Waals surface area (Å²) in [4.78, 5) is 0. The van der Waals surface area contributed by atoms with Gasteiger partial charge in [-0.1, -0.05) is 26.7 Å². The van der Waals surface area contributed by atoms with Crippen LogP contribution in [0.3, 0.4) is 0 Å². The second kappa shape index (κ2) is 11.0. The van der Waals surface area contributed by atoms with Crippen LogP contribution >= 0.6 is 0 Å². The second-order valence-electron chi connectivity index (χ2n) is 4.76. The molecule has 0 aromatic rings. The van der Waals surface area contributed by atoms with E-state index in [4.69, 9.17) is 9.47 Å². The van der Waals surface area contributed by atoms with Gasteiger partial charge in [-0.05, 0) is 19.8 Å².